The molecule has 3 aliphatic heterocycles. The summed E-state index contributed by atoms with van der Waals surface area (Å²) in [6.07, 6.45) is 2.49. The summed E-state index contributed by atoms with van der Waals surface area (Å²) in [5.41, 5.74) is 2.53. The number of carbonyl (C=O) groups excluding carboxylic acids is 2. The Hall–Kier alpha value is -2.77. The van der Waals surface area contributed by atoms with Crippen LogP contribution >= 0.6 is 0 Å². The SMILES string of the molecule is CCc1ccc(C2CN(C3CCOCC3)CC2C(=O)N2C(=O)OC[C@@H]2Cc2ccccc2)c(F)c1. The van der Waals surface area contributed by atoms with Gasteiger partial charge in [0.25, 0.3) is 0 Å². The van der Waals surface area contributed by atoms with Gasteiger partial charge in [-0.2, -0.15) is 0 Å². The second-order valence-electron chi connectivity index (χ2n) is 9.85. The van der Waals surface area contributed by atoms with E-state index in [-0.39, 0.29) is 30.3 Å². The van der Waals surface area contributed by atoms with Crippen LogP contribution in [0.4, 0.5) is 9.18 Å². The Bertz CT molecular complexity index is 1060. The molecule has 2 aromatic rings. The highest BCUT2D eigenvalue weighted by atomic mass is 19.1. The topological polar surface area (TPSA) is 59.1 Å². The molecule has 0 spiro atoms. The van der Waals surface area contributed by atoms with E-state index < -0.39 is 12.0 Å². The number of amides is 2. The summed E-state index contributed by atoms with van der Waals surface area (Å²) in [5.74, 6) is -1.36. The number of rotatable bonds is 6. The number of hydrogen-bond acceptors (Lipinski definition) is 5. The first-order chi connectivity index (χ1) is 17.0. The fraction of sp³-hybridized carbons (Fsp3) is 0.500. The molecule has 0 aliphatic carbocycles. The standard InChI is InChI=1S/C28H33FN2O4/c1-2-19-8-9-23(26(29)15-19)24-16-30(21-10-12-34-13-11-21)17-25(24)27(32)31-22(18-35-28(31)33)14-20-6-4-3-5-7-20/h3-9,15,21-22,24-25H,2,10-14,16-18H2,1H3/t22-,24?,25?/m0/s1. The summed E-state index contributed by atoms with van der Waals surface area (Å²) in [4.78, 5) is 30.3. The predicted molar refractivity (Wildman–Crippen MR) is 130 cm³/mol. The highest BCUT2D eigenvalue weighted by Crippen LogP contribution is 2.39. The van der Waals surface area contributed by atoms with E-state index in [4.69, 9.17) is 9.47 Å². The molecule has 3 saturated heterocycles. The van der Waals surface area contributed by atoms with Crippen LogP contribution in [0.25, 0.3) is 0 Å². The number of likely N-dealkylation sites (tertiary alicyclic amines) is 1. The van der Waals surface area contributed by atoms with Crippen LogP contribution in [-0.4, -0.2) is 66.8 Å². The fourth-order valence-electron chi connectivity index (χ4n) is 5.78. The van der Waals surface area contributed by atoms with Gasteiger partial charge in [0.05, 0.1) is 12.0 Å². The molecule has 0 radical (unpaired) electrons. The van der Waals surface area contributed by atoms with Crippen LogP contribution in [0.5, 0.6) is 0 Å². The van der Waals surface area contributed by atoms with Crippen LogP contribution in [0.2, 0.25) is 0 Å². The number of halogens is 1. The van der Waals surface area contributed by atoms with Crippen molar-refractivity contribution in [3.05, 3.63) is 71.0 Å². The van der Waals surface area contributed by atoms with Gasteiger partial charge < -0.3 is 9.47 Å². The van der Waals surface area contributed by atoms with E-state index >= 15 is 4.39 Å². The van der Waals surface area contributed by atoms with E-state index in [9.17, 15) is 9.59 Å². The summed E-state index contributed by atoms with van der Waals surface area (Å²) in [6.45, 7) is 4.67. The molecule has 0 saturated carbocycles. The molecule has 7 heteroatoms. The van der Waals surface area contributed by atoms with Crippen LogP contribution in [0, 0.1) is 11.7 Å². The van der Waals surface area contributed by atoms with E-state index in [1.54, 1.807) is 6.07 Å². The lowest BCUT2D eigenvalue weighted by molar-refractivity contribution is -0.133. The maximum absolute atomic E-state index is 15.3. The minimum Gasteiger partial charge on any atom is -0.447 e. The van der Waals surface area contributed by atoms with Crippen LogP contribution in [-0.2, 0) is 27.1 Å². The molecular weight excluding hydrogens is 447 g/mol. The zero-order chi connectivity index (χ0) is 24.4. The molecule has 186 valence electrons. The van der Waals surface area contributed by atoms with Crippen molar-refractivity contribution in [2.24, 2.45) is 5.92 Å². The third-order valence-electron chi connectivity index (χ3n) is 7.76. The van der Waals surface area contributed by atoms with Crippen molar-refractivity contribution in [1.82, 2.24) is 9.80 Å². The van der Waals surface area contributed by atoms with Crippen LogP contribution in [0.15, 0.2) is 48.5 Å². The molecule has 3 aliphatic rings. The Morgan fingerprint density at radius 3 is 2.54 bits per heavy atom. The quantitative estimate of drug-likeness (QED) is 0.621. The lowest BCUT2D eigenvalue weighted by Gasteiger charge is -2.31. The van der Waals surface area contributed by atoms with Gasteiger partial charge in [-0.1, -0.05) is 49.4 Å². The lowest BCUT2D eigenvalue weighted by Crippen LogP contribution is -2.45. The van der Waals surface area contributed by atoms with Crippen molar-refractivity contribution in [3.63, 3.8) is 0 Å². The van der Waals surface area contributed by atoms with Gasteiger partial charge in [0.15, 0.2) is 0 Å². The van der Waals surface area contributed by atoms with Crippen molar-refractivity contribution >= 4 is 12.0 Å². The number of ether oxygens (including phenoxy) is 2. The van der Waals surface area contributed by atoms with Gasteiger partial charge in [-0.15, -0.1) is 0 Å². The van der Waals surface area contributed by atoms with Gasteiger partial charge in [0.2, 0.25) is 5.91 Å². The van der Waals surface area contributed by atoms with E-state index in [2.05, 4.69) is 4.90 Å². The van der Waals surface area contributed by atoms with Crippen molar-refractivity contribution < 1.29 is 23.5 Å². The van der Waals surface area contributed by atoms with Crippen LogP contribution < -0.4 is 0 Å². The van der Waals surface area contributed by atoms with Gasteiger partial charge in [-0.05, 0) is 48.4 Å². The molecule has 2 amide bonds. The molecular formula is C28H33FN2O4. The molecule has 0 N–H and O–H groups in total. The first-order valence-electron chi connectivity index (χ1n) is 12.7. The van der Waals surface area contributed by atoms with E-state index in [1.165, 1.54) is 4.90 Å². The summed E-state index contributed by atoms with van der Waals surface area (Å²) in [7, 11) is 0. The normalized spacial score (nSPS) is 25.7. The first-order valence-corrected chi connectivity index (χ1v) is 12.7. The maximum Gasteiger partial charge on any atom is 0.416 e. The average Bonchev–Trinajstić information content (AvgIpc) is 3.49. The number of hydrogen-bond donors (Lipinski definition) is 0. The predicted octanol–water partition coefficient (Wildman–Crippen LogP) is 4.17. The summed E-state index contributed by atoms with van der Waals surface area (Å²) >= 11 is 0. The third-order valence-corrected chi connectivity index (χ3v) is 7.76. The van der Waals surface area contributed by atoms with Gasteiger partial charge in [-0.3, -0.25) is 9.69 Å². The van der Waals surface area contributed by atoms with Crippen molar-refractivity contribution in [1.29, 1.82) is 0 Å². The molecule has 0 aromatic heterocycles. The molecule has 5 rings (SSSR count). The van der Waals surface area contributed by atoms with E-state index in [1.807, 2.05) is 49.4 Å². The van der Waals surface area contributed by atoms with E-state index in [0.717, 1.165) is 30.4 Å². The third kappa shape index (κ3) is 4.98. The molecule has 2 aromatic carbocycles. The number of cyclic esters (lactones) is 1. The van der Waals surface area contributed by atoms with Crippen LogP contribution in [0.3, 0.4) is 0 Å². The maximum atomic E-state index is 15.3. The number of benzene rings is 2. The highest BCUT2D eigenvalue weighted by molar-refractivity contribution is 5.95. The number of imide groups is 1. The largest absolute Gasteiger partial charge is 0.447 e. The first kappa shape index (κ1) is 23.9. The van der Waals surface area contributed by atoms with Crippen molar-refractivity contribution in [2.45, 2.75) is 50.6 Å². The van der Waals surface area contributed by atoms with Gasteiger partial charge >= 0.3 is 6.09 Å². The molecule has 2 unspecified atom stereocenters. The fourth-order valence-corrected chi connectivity index (χ4v) is 5.78. The Kier molecular flexibility index (Phi) is 7.16. The average molecular weight is 481 g/mol. The zero-order valence-electron chi connectivity index (χ0n) is 20.2. The van der Waals surface area contributed by atoms with Crippen molar-refractivity contribution in [2.75, 3.05) is 32.9 Å². The molecule has 3 heterocycles. The molecule has 6 nitrogen and oxygen atoms in total. The lowest BCUT2D eigenvalue weighted by atomic mass is 9.86. The zero-order valence-corrected chi connectivity index (χ0v) is 20.2. The Morgan fingerprint density at radius 1 is 1.06 bits per heavy atom. The number of nitrogens with zero attached hydrogens (tertiary/aromatic N) is 2. The van der Waals surface area contributed by atoms with Gasteiger partial charge in [-0.25, -0.2) is 14.1 Å². The smallest absolute Gasteiger partial charge is 0.416 e. The Balaban J connectivity index is 1.43. The molecule has 3 fully saturated rings. The molecule has 0 bridgehead atoms. The minimum atomic E-state index is -0.596. The Labute approximate surface area is 206 Å². The van der Waals surface area contributed by atoms with Crippen LogP contribution in [0.1, 0.15) is 42.4 Å². The number of carbonyl (C=O) groups is 2. The van der Waals surface area contributed by atoms with E-state index in [0.29, 0.717) is 44.3 Å². The second kappa shape index (κ2) is 10.5. The van der Waals surface area contributed by atoms with Crippen molar-refractivity contribution in [3.8, 4) is 0 Å². The molecule has 3 atom stereocenters. The summed E-state index contributed by atoms with van der Waals surface area (Å²) in [5, 5.41) is 0. The highest BCUT2D eigenvalue weighted by Gasteiger charge is 2.48. The number of aryl methyl sites for hydroxylation is 1. The Morgan fingerprint density at radius 2 is 1.83 bits per heavy atom. The monoisotopic (exact) mass is 480 g/mol. The minimum absolute atomic E-state index is 0.181. The summed E-state index contributed by atoms with van der Waals surface area (Å²) in [6, 6.07) is 15.1. The second-order valence-corrected chi connectivity index (χ2v) is 9.85. The summed E-state index contributed by atoms with van der Waals surface area (Å²) < 4.78 is 26.1. The van der Waals surface area contributed by atoms with Gasteiger partial charge in [0, 0.05) is 38.3 Å². The molecule has 35 heavy (non-hydrogen) atoms. The van der Waals surface area contributed by atoms with Gasteiger partial charge in [0.1, 0.15) is 12.4 Å².